The molecule has 118 valence electrons. The minimum Gasteiger partial charge on any atom is -0.273 e. The molecule has 3 nitrogen and oxygen atoms in total. The molecule has 1 N–H and O–H groups in total. The normalized spacial score (nSPS) is 20.2. The molecule has 1 saturated carbocycles. The topological polar surface area (TPSA) is 41.5 Å². The van der Waals surface area contributed by atoms with E-state index in [0.29, 0.717) is 10.9 Å². The number of benzene rings is 2. The van der Waals surface area contributed by atoms with Gasteiger partial charge in [-0.15, -0.1) is 0 Å². The molecule has 2 aromatic carbocycles. The molecule has 0 aromatic heterocycles. The Bertz CT molecular complexity index is 727. The van der Waals surface area contributed by atoms with Crippen molar-refractivity contribution in [2.75, 3.05) is 0 Å². The van der Waals surface area contributed by atoms with Crippen LogP contribution in [-0.2, 0) is 4.79 Å². The lowest BCUT2D eigenvalue weighted by atomic mass is 10.1. The average Bonchev–Trinajstić information content (AvgIpc) is 3.37. The van der Waals surface area contributed by atoms with Gasteiger partial charge in [0.25, 0.3) is 0 Å². The SMILES string of the molecule is CCC(=NNC(=O)[C@H]1C[C@@H]1c1ccccc1)c1cccc(Cl)c1. The maximum absolute atomic E-state index is 12.3. The smallest absolute Gasteiger partial charge is 0.243 e. The predicted molar refractivity (Wildman–Crippen MR) is 93.7 cm³/mol. The van der Waals surface area contributed by atoms with Crippen molar-refractivity contribution in [2.45, 2.75) is 25.7 Å². The van der Waals surface area contributed by atoms with Gasteiger partial charge >= 0.3 is 0 Å². The van der Waals surface area contributed by atoms with Crippen molar-refractivity contribution in [3.05, 3.63) is 70.7 Å². The van der Waals surface area contributed by atoms with E-state index in [-0.39, 0.29) is 11.8 Å². The van der Waals surface area contributed by atoms with E-state index in [4.69, 9.17) is 11.6 Å². The number of hydrogen-bond donors (Lipinski definition) is 1. The zero-order chi connectivity index (χ0) is 16.2. The molecule has 4 heteroatoms. The summed E-state index contributed by atoms with van der Waals surface area (Å²) >= 11 is 6.01. The van der Waals surface area contributed by atoms with Crippen molar-refractivity contribution < 1.29 is 4.79 Å². The summed E-state index contributed by atoms with van der Waals surface area (Å²) in [7, 11) is 0. The lowest BCUT2D eigenvalue weighted by Crippen LogP contribution is -2.22. The molecule has 1 aliphatic carbocycles. The van der Waals surface area contributed by atoms with E-state index in [1.54, 1.807) is 0 Å². The molecule has 2 aromatic rings. The van der Waals surface area contributed by atoms with Gasteiger partial charge in [-0.2, -0.15) is 5.10 Å². The van der Waals surface area contributed by atoms with E-state index in [9.17, 15) is 4.79 Å². The number of nitrogens with one attached hydrogen (secondary N) is 1. The first-order chi connectivity index (χ1) is 11.2. The minimum absolute atomic E-state index is 0.00756. The molecule has 1 aliphatic rings. The van der Waals surface area contributed by atoms with Gasteiger partial charge in [-0.3, -0.25) is 4.79 Å². The van der Waals surface area contributed by atoms with Crippen molar-refractivity contribution in [1.82, 2.24) is 5.43 Å². The Labute approximate surface area is 141 Å². The molecule has 0 aliphatic heterocycles. The second-order valence-corrected chi connectivity index (χ2v) is 6.19. The summed E-state index contributed by atoms with van der Waals surface area (Å²) in [6, 6.07) is 17.7. The number of carbonyl (C=O) groups is 1. The molecular formula is C19H19ClN2O. The Kier molecular flexibility index (Phi) is 4.77. The quantitative estimate of drug-likeness (QED) is 0.643. The summed E-state index contributed by atoms with van der Waals surface area (Å²) in [6.07, 6.45) is 1.62. The highest BCUT2D eigenvalue weighted by molar-refractivity contribution is 6.31. The van der Waals surface area contributed by atoms with Crippen LogP contribution < -0.4 is 5.43 Å². The first-order valence-electron chi connectivity index (χ1n) is 7.86. The van der Waals surface area contributed by atoms with E-state index >= 15 is 0 Å². The van der Waals surface area contributed by atoms with Crippen molar-refractivity contribution >= 4 is 23.2 Å². The van der Waals surface area contributed by atoms with Crippen molar-refractivity contribution in [2.24, 2.45) is 11.0 Å². The standard InChI is InChI=1S/C19H19ClN2O/c1-2-18(14-9-6-10-15(20)11-14)21-22-19(23)17-12-16(17)13-7-4-3-5-8-13/h3-11,16-17H,2,12H2,1H3,(H,22,23)/t16-,17+/m1/s1. The predicted octanol–water partition coefficient (Wildman–Crippen LogP) is 4.37. The molecule has 0 spiro atoms. The fraction of sp³-hybridized carbons (Fsp3) is 0.263. The molecule has 23 heavy (non-hydrogen) atoms. The van der Waals surface area contributed by atoms with Crippen LogP contribution in [0.25, 0.3) is 0 Å². The lowest BCUT2D eigenvalue weighted by Gasteiger charge is -2.06. The van der Waals surface area contributed by atoms with Crippen LogP contribution in [0.2, 0.25) is 5.02 Å². The van der Waals surface area contributed by atoms with Crippen LogP contribution in [0.15, 0.2) is 59.7 Å². The maximum Gasteiger partial charge on any atom is 0.243 e. The molecule has 1 fully saturated rings. The summed E-state index contributed by atoms with van der Waals surface area (Å²) in [5.41, 5.74) is 5.72. The lowest BCUT2D eigenvalue weighted by molar-refractivity contribution is -0.122. The van der Waals surface area contributed by atoms with Crippen molar-refractivity contribution in [3.8, 4) is 0 Å². The van der Waals surface area contributed by atoms with Gasteiger partial charge in [0.1, 0.15) is 0 Å². The molecule has 0 unspecified atom stereocenters. The van der Waals surface area contributed by atoms with E-state index in [2.05, 4.69) is 22.7 Å². The van der Waals surface area contributed by atoms with Gasteiger partial charge in [-0.1, -0.05) is 61.0 Å². The fourth-order valence-electron chi connectivity index (χ4n) is 2.77. The second-order valence-electron chi connectivity index (χ2n) is 5.76. The van der Waals surface area contributed by atoms with Gasteiger partial charge in [0, 0.05) is 10.9 Å². The van der Waals surface area contributed by atoms with Gasteiger partial charge in [0.2, 0.25) is 5.91 Å². The summed E-state index contributed by atoms with van der Waals surface area (Å²) < 4.78 is 0. The summed E-state index contributed by atoms with van der Waals surface area (Å²) in [5, 5.41) is 4.97. The van der Waals surface area contributed by atoms with Gasteiger partial charge in [0.15, 0.2) is 0 Å². The maximum atomic E-state index is 12.3. The van der Waals surface area contributed by atoms with Crippen LogP contribution in [0.5, 0.6) is 0 Å². The number of hydrazone groups is 1. The largest absolute Gasteiger partial charge is 0.273 e. The zero-order valence-corrected chi connectivity index (χ0v) is 13.8. The van der Waals surface area contributed by atoms with Gasteiger partial charge in [0.05, 0.1) is 5.71 Å². The Hall–Kier alpha value is -2.13. The van der Waals surface area contributed by atoms with Crippen LogP contribution in [0.4, 0.5) is 0 Å². The van der Waals surface area contributed by atoms with E-state index in [1.807, 2.05) is 49.4 Å². The van der Waals surface area contributed by atoms with Crippen molar-refractivity contribution in [3.63, 3.8) is 0 Å². The third kappa shape index (κ3) is 3.80. The number of halogens is 1. The zero-order valence-electron chi connectivity index (χ0n) is 13.0. The number of carbonyl (C=O) groups excluding carboxylic acids is 1. The van der Waals surface area contributed by atoms with Gasteiger partial charge in [-0.25, -0.2) is 5.43 Å². The Morgan fingerprint density at radius 3 is 2.70 bits per heavy atom. The van der Waals surface area contributed by atoms with Crippen LogP contribution >= 0.6 is 11.6 Å². The highest BCUT2D eigenvalue weighted by atomic mass is 35.5. The molecule has 2 atom stereocenters. The average molecular weight is 327 g/mol. The molecule has 0 radical (unpaired) electrons. The molecule has 3 rings (SSSR count). The summed E-state index contributed by atoms with van der Waals surface area (Å²) in [6.45, 7) is 2.01. The van der Waals surface area contributed by atoms with Crippen molar-refractivity contribution in [1.29, 1.82) is 0 Å². The Morgan fingerprint density at radius 2 is 2.00 bits per heavy atom. The number of amides is 1. The number of nitrogens with zero attached hydrogens (tertiary/aromatic N) is 1. The van der Waals surface area contributed by atoms with Gasteiger partial charge < -0.3 is 0 Å². The van der Waals surface area contributed by atoms with Crippen LogP contribution in [0.3, 0.4) is 0 Å². The fourth-order valence-corrected chi connectivity index (χ4v) is 2.96. The van der Waals surface area contributed by atoms with E-state index in [0.717, 1.165) is 24.1 Å². The van der Waals surface area contributed by atoms with Crippen LogP contribution in [0, 0.1) is 5.92 Å². The van der Waals surface area contributed by atoms with Crippen LogP contribution in [0.1, 0.15) is 36.8 Å². The summed E-state index contributed by atoms with van der Waals surface area (Å²) in [5.74, 6) is 0.341. The first-order valence-corrected chi connectivity index (χ1v) is 8.24. The van der Waals surface area contributed by atoms with Gasteiger partial charge in [-0.05, 0) is 42.0 Å². The Morgan fingerprint density at radius 1 is 1.22 bits per heavy atom. The number of rotatable bonds is 5. The Balaban J connectivity index is 1.64. The van der Waals surface area contributed by atoms with Crippen LogP contribution in [-0.4, -0.2) is 11.6 Å². The summed E-state index contributed by atoms with van der Waals surface area (Å²) in [4.78, 5) is 12.3. The first kappa shape index (κ1) is 15.8. The molecule has 1 amide bonds. The van der Waals surface area contributed by atoms with E-state index < -0.39 is 0 Å². The number of hydrogen-bond acceptors (Lipinski definition) is 2. The highest BCUT2D eigenvalue weighted by Crippen LogP contribution is 2.47. The van der Waals surface area contributed by atoms with E-state index in [1.165, 1.54) is 5.56 Å². The second kappa shape index (κ2) is 6.97. The highest BCUT2D eigenvalue weighted by Gasteiger charge is 2.43. The molecule has 0 saturated heterocycles. The molecule has 0 bridgehead atoms. The third-order valence-electron chi connectivity index (χ3n) is 4.15. The minimum atomic E-state index is -0.00756. The molecular weight excluding hydrogens is 308 g/mol. The molecule has 0 heterocycles. The monoisotopic (exact) mass is 326 g/mol. The third-order valence-corrected chi connectivity index (χ3v) is 4.38.